The van der Waals surface area contributed by atoms with Gasteiger partial charge in [-0.15, -0.1) is 0 Å². The van der Waals surface area contributed by atoms with Gasteiger partial charge < -0.3 is 5.11 Å². The number of carboxylic acids is 1. The van der Waals surface area contributed by atoms with Gasteiger partial charge in [-0.2, -0.15) is 0 Å². The molecule has 1 atom stereocenters. The Balaban J connectivity index is 2.89. The van der Waals surface area contributed by atoms with Crippen LogP contribution in [0.1, 0.15) is 10.4 Å². The normalized spacial score (nSPS) is 12.5. The van der Waals surface area contributed by atoms with E-state index >= 15 is 0 Å². The van der Waals surface area contributed by atoms with E-state index in [0.717, 1.165) is 0 Å². The third kappa shape index (κ3) is 2.04. The fourth-order valence-electron chi connectivity index (χ4n) is 0.774. The topological polar surface area (TPSA) is 37.3 Å². The van der Waals surface area contributed by atoms with Crippen LogP contribution in [-0.4, -0.2) is 11.1 Å². The predicted molar refractivity (Wildman–Crippen MR) is 45.7 cm³/mol. The standard InChI is InChI=1S/C8H6BrFO2/c9-7(8(11)12)5-1-3-6(10)4-2-5/h1-4,7H,(H,11,12)/t7-/m1/s1. The first-order valence-corrected chi connectivity index (χ1v) is 4.15. The van der Waals surface area contributed by atoms with Crippen LogP contribution in [0.5, 0.6) is 0 Å². The Bertz CT molecular complexity index is 284. The molecule has 0 spiro atoms. The third-order valence-corrected chi connectivity index (χ3v) is 2.30. The summed E-state index contributed by atoms with van der Waals surface area (Å²) < 4.78 is 12.4. The van der Waals surface area contributed by atoms with Crippen molar-refractivity contribution in [2.24, 2.45) is 0 Å². The molecule has 0 saturated heterocycles. The maximum Gasteiger partial charge on any atom is 0.321 e. The molecule has 64 valence electrons. The Kier molecular flexibility index (Phi) is 2.81. The van der Waals surface area contributed by atoms with E-state index in [9.17, 15) is 9.18 Å². The van der Waals surface area contributed by atoms with Crippen molar-refractivity contribution in [3.63, 3.8) is 0 Å². The largest absolute Gasteiger partial charge is 0.480 e. The van der Waals surface area contributed by atoms with Gasteiger partial charge in [0.2, 0.25) is 0 Å². The lowest BCUT2D eigenvalue weighted by atomic mass is 10.1. The molecule has 0 saturated carbocycles. The molecule has 12 heavy (non-hydrogen) atoms. The van der Waals surface area contributed by atoms with E-state index in [0.29, 0.717) is 5.56 Å². The zero-order valence-electron chi connectivity index (χ0n) is 6.00. The van der Waals surface area contributed by atoms with Crippen molar-refractivity contribution in [1.82, 2.24) is 0 Å². The van der Waals surface area contributed by atoms with Gasteiger partial charge in [-0.1, -0.05) is 28.1 Å². The summed E-state index contributed by atoms with van der Waals surface area (Å²) in [6.07, 6.45) is 0. The van der Waals surface area contributed by atoms with Crippen LogP contribution in [0.4, 0.5) is 4.39 Å². The zero-order valence-corrected chi connectivity index (χ0v) is 7.58. The van der Waals surface area contributed by atoms with Crippen LogP contribution < -0.4 is 0 Å². The molecule has 1 aromatic rings. The Hall–Kier alpha value is -0.900. The fraction of sp³-hybridized carbons (Fsp3) is 0.125. The minimum Gasteiger partial charge on any atom is -0.480 e. The monoisotopic (exact) mass is 232 g/mol. The molecule has 0 heterocycles. The maximum absolute atomic E-state index is 12.4. The van der Waals surface area contributed by atoms with Crippen LogP contribution in [0.15, 0.2) is 24.3 Å². The summed E-state index contributed by atoms with van der Waals surface area (Å²) in [7, 11) is 0. The van der Waals surface area contributed by atoms with Crippen LogP contribution in [0, 0.1) is 5.82 Å². The molecule has 1 aromatic carbocycles. The Morgan fingerprint density at radius 2 is 1.92 bits per heavy atom. The number of hydrogen-bond donors (Lipinski definition) is 1. The van der Waals surface area contributed by atoms with Gasteiger partial charge in [0.25, 0.3) is 0 Å². The van der Waals surface area contributed by atoms with Gasteiger partial charge in [0, 0.05) is 0 Å². The number of halogens is 2. The van der Waals surface area contributed by atoms with E-state index in [4.69, 9.17) is 5.11 Å². The summed E-state index contributed by atoms with van der Waals surface area (Å²) >= 11 is 2.95. The Labute approximate surface area is 77.2 Å². The van der Waals surface area contributed by atoms with E-state index < -0.39 is 10.8 Å². The number of carboxylic acid groups (broad SMARTS) is 1. The van der Waals surface area contributed by atoms with Crippen molar-refractivity contribution in [3.05, 3.63) is 35.6 Å². The van der Waals surface area contributed by atoms with E-state index in [1.807, 2.05) is 0 Å². The van der Waals surface area contributed by atoms with Crippen LogP contribution in [0.25, 0.3) is 0 Å². The van der Waals surface area contributed by atoms with Crippen molar-refractivity contribution < 1.29 is 14.3 Å². The number of alkyl halides is 1. The summed E-state index contributed by atoms with van der Waals surface area (Å²) in [6.45, 7) is 0. The van der Waals surface area contributed by atoms with Crippen molar-refractivity contribution in [1.29, 1.82) is 0 Å². The van der Waals surface area contributed by atoms with Crippen molar-refractivity contribution in [2.45, 2.75) is 4.83 Å². The molecule has 0 aromatic heterocycles. The molecule has 0 aliphatic heterocycles. The van der Waals surface area contributed by atoms with Crippen LogP contribution in [-0.2, 0) is 4.79 Å². The number of hydrogen-bond acceptors (Lipinski definition) is 1. The van der Waals surface area contributed by atoms with E-state index in [2.05, 4.69) is 15.9 Å². The van der Waals surface area contributed by atoms with Gasteiger partial charge in [-0.25, -0.2) is 4.39 Å². The average molecular weight is 233 g/mol. The highest BCUT2D eigenvalue weighted by Crippen LogP contribution is 2.22. The second-order valence-corrected chi connectivity index (χ2v) is 3.17. The molecule has 2 nitrogen and oxygen atoms in total. The fourth-order valence-corrected chi connectivity index (χ4v) is 1.08. The van der Waals surface area contributed by atoms with Gasteiger partial charge in [-0.3, -0.25) is 4.79 Å². The number of benzene rings is 1. The summed E-state index contributed by atoms with van der Waals surface area (Å²) in [4.78, 5) is 9.68. The van der Waals surface area contributed by atoms with Gasteiger partial charge in [-0.05, 0) is 17.7 Å². The van der Waals surface area contributed by atoms with Crippen LogP contribution >= 0.6 is 15.9 Å². The smallest absolute Gasteiger partial charge is 0.321 e. The summed E-state index contributed by atoms with van der Waals surface area (Å²) in [6, 6.07) is 5.32. The van der Waals surface area contributed by atoms with Crippen LogP contribution in [0.2, 0.25) is 0 Å². The van der Waals surface area contributed by atoms with Crippen molar-refractivity contribution in [2.75, 3.05) is 0 Å². The molecule has 0 amide bonds. The molecule has 1 rings (SSSR count). The highest BCUT2D eigenvalue weighted by Gasteiger charge is 2.14. The second-order valence-electron chi connectivity index (χ2n) is 2.25. The molecule has 0 radical (unpaired) electrons. The summed E-state index contributed by atoms with van der Waals surface area (Å²) in [5.41, 5.74) is 0.531. The van der Waals surface area contributed by atoms with E-state index in [-0.39, 0.29) is 5.82 Å². The van der Waals surface area contributed by atoms with Gasteiger partial charge >= 0.3 is 5.97 Å². The highest BCUT2D eigenvalue weighted by atomic mass is 79.9. The molecular formula is C8H6BrFO2. The van der Waals surface area contributed by atoms with Crippen LogP contribution in [0.3, 0.4) is 0 Å². The molecule has 4 heteroatoms. The zero-order chi connectivity index (χ0) is 9.14. The molecular weight excluding hydrogens is 227 g/mol. The lowest BCUT2D eigenvalue weighted by Gasteiger charge is -2.03. The van der Waals surface area contributed by atoms with Gasteiger partial charge in [0.15, 0.2) is 0 Å². The molecule has 0 bridgehead atoms. The third-order valence-electron chi connectivity index (χ3n) is 1.38. The lowest BCUT2D eigenvalue weighted by molar-refractivity contribution is -0.136. The number of carbonyl (C=O) groups is 1. The summed E-state index contributed by atoms with van der Waals surface area (Å²) in [5, 5.41) is 8.56. The first-order valence-electron chi connectivity index (χ1n) is 3.23. The van der Waals surface area contributed by atoms with E-state index in [1.54, 1.807) is 0 Å². The molecule has 0 unspecified atom stereocenters. The number of rotatable bonds is 2. The average Bonchev–Trinajstić information content (AvgIpc) is 2.04. The second kappa shape index (κ2) is 3.67. The molecule has 0 fully saturated rings. The number of aliphatic carboxylic acids is 1. The van der Waals surface area contributed by atoms with E-state index in [1.165, 1.54) is 24.3 Å². The first kappa shape index (κ1) is 9.19. The molecule has 0 aliphatic carbocycles. The minimum absolute atomic E-state index is 0.371. The van der Waals surface area contributed by atoms with Crippen molar-refractivity contribution >= 4 is 21.9 Å². The molecule has 0 aliphatic rings. The first-order chi connectivity index (χ1) is 5.61. The van der Waals surface area contributed by atoms with Crippen molar-refractivity contribution in [3.8, 4) is 0 Å². The summed E-state index contributed by atoms with van der Waals surface area (Å²) in [5.74, 6) is -1.36. The predicted octanol–water partition coefficient (Wildman–Crippen LogP) is 2.35. The Morgan fingerprint density at radius 3 is 2.33 bits per heavy atom. The van der Waals surface area contributed by atoms with Gasteiger partial charge in [0.05, 0.1) is 0 Å². The minimum atomic E-state index is -0.985. The lowest BCUT2D eigenvalue weighted by Crippen LogP contribution is -2.03. The Morgan fingerprint density at radius 1 is 1.42 bits per heavy atom. The highest BCUT2D eigenvalue weighted by molar-refractivity contribution is 9.09. The quantitative estimate of drug-likeness (QED) is 0.796. The molecule has 1 N–H and O–H groups in total. The maximum atomic E-state index is 12.4. The van der Waals surface area contributed by atoms with Gasteiger partial charge in [0.1, 0.15) is 10.6 Å². The SMILES string of the molecule is O=C(O)[C@H](Br)c1ccc(F)cc1.